The Morgan fingerprint density at radius 2 is 1.89 bits per heavy atom. The maximum absolute atomic E-state index is 15.1. The maximum atomic E-state index is 15.1. The van der Waals surface area contributed by atoms with Crippen molar-refractivity contribution in [1.82, 2.24) is 24.8 Å². The molecule has 1 aromatic heterocycles. The van der Waals surface area contributed by atoms with Gasteiger partial charge in [0.1, 0.15) is 24.3 Å². The molecule has 0 spiro atoms. The molecular weight excluding hydrogens is 598 g/mol. The Hall–Kier alpha value is -4.45. The van der Waals surface area contributed by atoms with Gasteiger partial charge in [0.05, 0.1) is 31.4 Å². The number of piperidine rings is 1. The Kier molecular flexibility index (Phi) is 8.99. The molecule has 0 bridgehead atoms. The summed E-state index contributed by atoms with van der Waals surface area (Å²) in [5, 5.41) is 22.6. The van der Waals surface area contributed by atoms with Crippen LogP contribution in [0.25, 0.3) is 11.4 Å². The standard InChI is InChI=1S/C32H36F2N8O4/c1-20-15-42(30(44)21(2)43)18-32(33,34)28(20)46-27-8-3-22(13-23(27)14-35)29-36-19-37-31(39-29)38-24-4-6-25(7-5-24)40-9-11-41(12-10-40)26-16-45-17-26/h3-8,13,19-21,26,28,43H,9-12,15-18H2,1-2H3,(H,36,37,38,39)/t20?,21-,28?/m0/s1. The summed E-state index contributed by atoms with van der Waals surface area (Å²) >= 11 is 0. The van der Waals surface area contributed by atoms with E-state index in [0.29, 0.717) is 17.6 Å². The SMILES string of the molecule is CC1CN(C(=O)[C@H](C)O)CC(F)(F)C1Oc1ccc(-c2ncnc(Nc3ccc(N4CCN(C5COC5)CC4)cc3)n2)cc1C#N. The van der Waals surface area contributed by atoms with Crippen molar-refractivity contribution in [2.24, 2.45) is 5.92 Å². The first-order chi connectivity index (χ1) is 22.1. The lowest BCUT2D eigenvalue weighted by molar-refractivity contribution is -0.177. The minimum Gasteiger partial charge on any atom is -0.482 e. The van der Waals surface area contributed by atoms with Crippen LogP contribution >= 0.6 is 0 Å². The zero-order chi connectivity index (χ0) is 32.4. The van der Waals surface area contributed by atoms with E-state index in [1.165, 1.54) is 25.4 Å². The maximum Gasteiger partial charge on any atom is 0.301 e. The Bertz CT molecular complexity index is 1590. The van der Waals surface area contributed by atoms with E-state index in [9.17, 15) is 15.2 Å². The molecule has 0 saturated carbocycles. The van der Waals surface area contributed by atoms with Gasteiger partial charge in [0.15, 0.2) is 11.9 Å². The molecule has 2 aromatic carbocycles. The highest BCUT2D eigenvalue weighted by atomic mass is 19.3. The van der Waals surface area contributed by atoms with E-state index in [-0.39, 0.29) is 23.7 Å². The van der Waals surface area contributed by atoms with Gasteiger partial charge in [0, 0.05) is 55.6 Å². The van der Waals surface area contributed by atoms with Crippen LogP contribution in [-0.2, 0) is 9.53 Å². The van der Waals surface area contributed by atoms with Gasteiger partial charge in [0.25, 0.3) is 5.91 Å². The molecule has 1 amide bonds. The number of nitriles is 1. The molecule has 242 valence electrons. The van der Waals surface area contributed by atoms with Crippen molar-refractivity contribution >= 4 is 23.2 Å². The molecule has 12 nitrogen and oxygen atoms in total. The van der Waals surface area contributed by atoms with Gasteiger partial charge in [-0.2, -0.15) is 10.2 Å². The molecule has 0 radical (unpaired) electrons. The number of amides is 1. The largest absolute Gasteiger partial charge is 0.482 e. The van der Waals surface area contributed by atoms with Crippen molar-refractivity contribution in [2.75, 3.05) is 62.7 Å². The number of ether oxygens (including phenoxy) is 2. The third-order valence-corrected chi connectivity index (χ3v) is 8.64. The summed E-state index contributed by atoms with van der Waals surface area (Å²) < 4.78 is 41.3. The van der Waals surface area contributed by atoms with Crippen LogP contribution in [0.3, 0.4) is 0 Å². The van der Waals surface area contributed by atoms with Gasteiger partial charge >= 0.3 is 5.92 Å². The van der Waals surface area contributed by atoms with Gasteiger partial charge < -0.3 is 29.7 Å². The Labute approximate surface area is 265 Å². The van der Waals surface area contributed by atoms with Gasteiger partial charge in [-0.1, -0.05) is 6.92 Å². The molecule has 0 aliphatic carbocycles. The number of alkyl halides is 2. The van der Waals surface area contributed by atoms with Crippen LogP contribution in [-0.4, -0.2) is 112 Å². The minimum absolute atomic E-state index is 0.0101. The molecule has 3 fully saturated rings. The summed E-state index contributed by atoms with van der Waals surface area (Å²) in [4.78, 5) is 30.9. The van der Waals surface area contributed by atoms with Crippen molar-refractivity contribution in [3.05, 3.63) is 54.4 Å². The third kappa shape index (κ3) is 6.72. The lowest BCUT2D eigenvalue weighted by Gasteiger charge is -2.43. The minimum atomic E-state index is -3.40. The second-order valence-corrected chi connectivity index (χ2v) is 12.0. The lowest BCUT2D eigenvalue weighted by Crippen LogP contribution is -2.60. The summed E-state index contributed by atoms with van der Waals surface area (Å²) in [6.07, 6.45) is -1.60. The predicted molar refractivity (Wildman–Crippen MR) is 165 cm³/mol. The average Bonchev–Trinajstić information content (AvgIpc) is 3.02. The number of aliphatic hydroxyl groups is 1. The van der Waals surface area contributed by atoms with Gasteiger partial charge in [-0.25, -0.2) is 18.7 Å². The van der Waals surface area contributed by atoms with E-state index in [2.05, 4.69) is 42.2 Å². The fourth-order valence-corrected chi connectivity index (χ4v) is 6.06. The summed E-state index contributed by atoms with van der Waals surface area (Å²) in [6.45, 7) is 7.49. The summed E-state index contributed by atoms with van der Waals surface area (Å²) in [6, 6.07) is 15.1. The Morgan fingerprint density at radius 1 is 1.15 bits per heavy atom. The fraction of sp³-hybridized carbons (Fsp3) is 0.469. The molecule has 3 saturated heterocycles. The van der Waals surface area contributed by atoms with E-state index in [1.54, 1.807) is 13.0 Å². The zero-order valence-corrected chi connectivity index (χ0v) is 25.6. The molecule has 6 rings (SSSR count). The molecule has 2 unspecified atom stereocenters. The first-order valence-electron chi connectivity index (χ1n) is 15.3. The summed E-state index contributed by atoms with van der Waals surface area (Å²) in [5.74, 6) is -4.35. The monoisotopic (exact) mass is 634 g/mol. The molecule has 2 N–H and O–H groups in total. The predicted octanol–water partition coefficient (Wildman–Crippen LogP) is 2.92. The molecule has 14 heteroatoms. The van der Waals surface area contributed by atoms with Crippen LogP contribution in [0.1, 0.15) is 19.4 Å². The number of hydrogen-bond donors (Lipinski definition) is 2. The van der Waals surface area contributed by atoms with Gasteiger partial charge in [0.2, 0.25) is 5.95 Å². The van der Waals surface area contributed by atoms with E-state index >= 15 is 8.78 Å². The number of likely N-dealkylation sites (tertiary alicyclic amines) is 1. The van der Waals surface area contributed by atoms with Crippen LogP contribution in [0.15, 0.2) is 48.8 Å². The van der Waals surface area contributed by atoms with Gasteiger partial charge in [-0.3, -0.25) is 9.69 Å². The lowest BCUT2D eigenvalue weighted by atomic mass is 9.92. The van der Waals surface area contributed by atoms with Crippen molar-refractivity contribution < 1.29 is 28.2 Å². The highest BCUT2D eigenvalue weighted by Crippen LogP contribution is 2.36. The number of benzene rings is 2. The molecule has 3 aromatic rings. The second-order valence-electron chi connectivity index (χ2n) is 12.0. The van der Waals surface area contributed by atoms with Crippen molar-refractivity contribution in [3.63, 3.8) is 0 Å². The highest BCUT2D eigenvalue weighted by molar-refractivity contribution is 5.80. The van der Waals surface area contributed by atoms with E-state index < -0.39 is 36.5 Å². The van der Waals surface area contributed by atoms with Crippen LogP contribution in [0.5, 0.6) is 5.75 Å². The molecule has 46 heavy (non-hydrogen) atoms. The number of hydrogen-bond acceptors (Lipinski definition) is 11. The number of aromatic nitrogens is 3. The number of halogens is 2. The zero-order valence-electron chi connectivity index (χ0n) is 25.6. The number of carbonyl (C=O) groups is 1. The van der Waals surface area contributed by atoms with E-state index in [1.807, 2.05) is 18.2 Å². The topological polar surface area (TPSA) is 140 Å². The van der Waals surface area contributed by atoms with E-state index in [0.717, 1.165) is 55.7 Å². The van der Waals surface area contributed by atoms with Crippen molar-refractivity contribution in [2.45, 2.75) is 38.0 Å². The van der Waals surface area contributed by atoms with E-state index in [4.69, 9.17) is 9.47 Å². The first-order valence-corrected chi connectivity index (χ1v) is 15.3. The second kappa shape index (κ2) is 13.1. The quantitative estimate of drug-likeness (QED) is 0.378. The number of nitrogens with zero attached hydrogens (tertiary/aromatic N) is 7. The van der Waals surface area contributed by atoms with Crippen molar-refractivity contribution in [3.8, 4) is 23.2 Å². The number of rotatable bonds is 8. The molecule has 3 aliphatic heterocycles. The van der Waals surface area contributed by atoms with Crippen molar-refractivity contribution in [1.29, 1.82) is 5.26 Å². The first kappa shape index (κ1) is 31.5. The molecule has 4 heterocycles. The number of nitrogens with one attached hydrogen (secondary N) is 1. The van der Waals surface area contributed by atoms with Crippen LogP contribution < -0.4 is 15.0 Å². The molecular formula is C32H36F2N8O4. The number of anilines is 3. The van der Waals surface area contributed by atoms with Crippen LogP contribution in [0, 0.1) is 17.2 Å². The number of aliphatic hydroxyl groups excluding tert-OH is 1. The Balaban J connectivity index is 1.10. The van der Waals surface area contributed by atoms with Gasteiger partial charge in [-0.15, -0.1) is 0 Å². The summed E-state index contributed by atoms with van der Waals surface area (Å²) in [7, 11) is 0. The normalized spacial score (nSPS) is 22.4. The smallest absolute Gasteiger partial charge is 0.301 e. The van der Waals surface area contributed by atoms with Crippen LogP contribution in [0.4, 0.5) is 26.1 Å². The fourth-order valence-electron chi connectivity index (χ4n) is 6.06. The molecule has 3 atom stereocenters. The number of carbonyl (C=O) groups excluding carboxylic acids is 1. The van der Waals surface area contributed by atoms with Crippen LogP contribution in [0.2, 0.25) is 0 Å². The Morgan fingerprint density at radius 3 is 2.52 bits per heavy atom. The molecule has 3 aliphatic rings. The summed E-state index contributed by atoms with van der Waals surface area (Å²) in [5.41, 5.74) is 2.46. The highest BCUT2D eigenvalue weighted by Gasteiger charge is 2.51. The average molecular weight is 635 g/mol. The third-order valence-electron chi connectivity index (χ3n) is 8.64. The van der Waals surface area contributed by atoms with Gasteiger partial charge in [-0.05, 0) is 49.4 Å². The number of piperazine rings is 1.